The van der Waals surface area contributed by atoms with Gasteiger partial charge >= 0.3 is 0 Å². The molecule has 0 bridgehead atoms. The first-order chi connectivity index (χ1) is 12.1. The number of nitrogens with zero attached hydrogens (tertiary/aromatic N) is 2. The highest BCUT2D eigenvalue weighted by Crippen LogP contribution is 2.16. The van der Waals surface area contributed by atoms with E-state index in [0.717, 1.165) is 43.0 Å². The zero-order valence-corrected chi connectivity index (χ0v) is 16.4. The van der Waals surface area contributed by atoms with E-state index in [1.807, 2.05) is 29.8 Å². The number of aryl methyl sites for hydroxylation is 1. The van der Waals surface area contributed by atoms with Gasteiger partial charge in [0, 0.05) is 24.2 Å². The molecule has 2 heterocycles. The first-order valence-electron chi connectivity index (χ1n) is 9.17. The maximum absolute atomic E-state index is 12.1. The van der Waals surface area contributed by atoms with E-state index in [9.17, 15) is 4.79 Å². The van der Waals surface area contributed by atoms with Crippen molar-refractivity contribution >= 4 is 18.3 Å². The fraction of sp³-hybridized carbons (Fsp3) is 0.500. The number of amides is 1. The molecule has 2 N–H and O–H groups in total. The molecule has 0 aliphatic carbocycles. The van der Waals surface area contributed by atoms with E-state index in [1.165, 1.54) is 12.0 Å². The van der Waals surface area contributed by atoms with Gasteiger partial charge in [0.05, 0.1) is 12.2 Å². The summed E-state index contributed by atoms with van der Waals surface area (Å²) in [5.41, 5.74) is 4.48. The van der Waals surface area contributed by atoms with Crippen LogP contribution in [-0.4, -0.2) is 28.8 Å². The summed E-state index contributed by atoms with van der Waals surface area (Å²) >= 11 is 0. The Morgan fingerprint density at radius 1 is 1.31 bits per heavy atom. The number of nitrogens with one attached hydrogen (secondary N) is 2. The Morgan fingerprint density at radius 2 is 2.08 bits per heavy atom. The molecule has 1 aliphatic rings. The van der Waals surface area contributed by atoms with Gasteiger partial charge in [-0.1, -0.05) is 30.3 Å². The molecule has 1 unspecified atom stereocenters. The molecule has 5 nitrogen and oxygen atoms in total. The molecule has 142 valence electrons. The Balaban J connectivity index is 0.00000243. The summed E-state index contributed by atoms with van der Waals surface area (Å²) in [6.45, 7) is 7.56. The van der Waals surface area contributed by atoms with Crippen LogP contribution in [0.2, 0.25) is 0 Å². The molecular weight excluding hydrogens is 348 g/mol. The van der Waals surface area contributed by atoms with E-state index in [2.05, 4.69) is 34.8 Å². The summed E-state index contributed by atoms with van der Waals surface area (Å²) < 4.78 is 2.02. The number of rotatable bonds is 7. The Hall–Kier alpha value is -1.85. The predicted molar refractivity (Wildman–Crippen MR) is 107 cm³/mol. The van der Waals surface area contributed by atoms with Gasteiger partial charge in [0.15, 0.2) is 0 Å². The minimum absolute atomic E-state index is 0. The largest absolute Gasteiger partial charge is 0.352 e. The van der Waals surface area contributed by atoms with Crippen LogP contribution in [0, 0.1) is 19.8 Å². The van der Waals surface area contributed by atoms with Crippen molar-refractivity contribution < 1.29 is 4.79 Å². The van der Waals surface area contributed by atoms with Crippen molar-refractivity contribution in [2.24, 2.45) is 5.92 Å². The lowest BCUT2D eigenvalue weighted by atomic mass is 10.0. The molecule has 26 heavy (non-hydrogen) atoms. The lowest BCUT2D eigenvalue weighted by molar-refractivity contribution is -0.121. The number of benzene rings is 1. The second-order valence-corrected chi connectivity index (χ2v) is 6.97. The molecule has 1 aliphatic heterocycles. The number of carbonyl (C=O) groups excluding carboxylic acids is 1. The van der Waals surface area contributed by atoms with E-state index in [-0.39, 0.29) is 18.3 Å². The number of hydrogen-bond acceptors (Lipinski definition) is 3. The van der Waals surface area contributed by atoms with E-state index in [1.54, 1.807) is 0 Å². The van der Waals surface area contributed by atoms with Crippen molar-refractivity contribution in [3.8, 4) is 0 Å². The molecule has 2 aromatic rings. The number of hydrogen-bond donors (Lipinski definition) is 2. The minimum atomic E-state index is 0. The van der Waals surface area contributed by atoms with E-state index >= 15 is 0 Å². The maximum Gasteiger partial charge on any atom is 0.220 e. The van der Waals surface area contributed by atoms with Gasteiger partial charge in [0.25, 0.3) is 0 Å². The second-order valence-electron chi connectivity index (χ2n) is 6.97. The first-order valence-corrected chi connectivity index (χ1v) is 9.17. The Kier molecular flexibility index (Phi) is 7.66. The third-order valence-corrected chi connectivity index (χ3v) is 5.11. The van der Waals surface area contributed by atoms with Crippen molar-refractivity contribution in [3.05, 3.63) is 52.8 Å². The third kappa shape index (κ3) is 5.32. The predicted octanol–water partition coefficient (Wildman–Crippen LogP) is 2.98. The number of carbonyl (C=O) groups is 1. The standard InChI is InChI=1S/C20H28N4O.ClH/c1-15-19(13-22-20(25)9-8-17-10-11-21-12-17)16(2)24(23-15)14-18-6-4-3-5-7-18;/h3-7,17,21H,8-14H2,1-2H3,(H,22,25);1H. The van der Waals surface area contributed by atoms with Crippen molar-refractivity contribution in [1.29, 1.82) is 0 Å². The van der Waals surface area contributed by atoms with E-state index < -0.39 is 0 Å². The molecule has 1 aromatic heterocycles. The second kappa shape index (κ2) is 9.74. The highest BCUT2D eigenvalue weighted by atomic mass is 35.5. The van der Waals surface area contributed by atoms with Crippen molar-refractivity contribution in [2.75, 3.05) is 13.1 Å². The summed E-state index contributed by atoms with van der Waals surface area (Å²) in [7, 11) is 0. The summed E-state index contributed by atoms with van der Waals surface area (Å²) in [5.74, 6) is 0.796. The fourth-order valence-electron chi connectivity index (χ4n) is 3.47. The zero-order valence-electron chi connectivity index (χ0n) is 15.6. The van der Waals surface area contributed by atoms with E-state index in [0.29, 0.717) is 18.9 Å². The van der Waals surface area contributed by atoms with Crippen LogP contribution >= 0.6 is 12.4 Å². The lowest BCUT2D eigenvalue weighted by Gasteiger charge is -2.09. The van der Waals surface area contributed by atoms with Gasteiger partial charge in [-0.15, -0.1) is 12.4 Å². The van der Waals surface area contributed by atoms with Crippen LogP contribution in [0.4, 0.5) is 0 Å². The Morgan fingerprint density at radius 3 is 2.77 bits per heavy atom. The molecule has 1 atom stereocenters. The van der Waals surface area contributed by atoms with Crippen molar-refractivity contribution in [2.45, 2.75) is 46.2 Å². The quantitative estimate of drug-likeness (QED) is 0.781. The molecule has 1 fully saturated rings. The van der Waals surface area contributed by atoms with Crippen LogP contribution in [0.25, 0.3) is 0 Å². The fourth-order valence-corrected chi connectivity index (χ4v) is 3.47. The molecule has 3 rings (SSSR count). The minimum Gasteiger partial charge on any atom is -0.352 e. The van der Waals surface area contributed by atoms with Crippen molar-refractivity contribution in [3.63, 3.8) is 0 Å². The molecule has 1 aromatic carbocycles. The summed E-state index contributed by atoms with van der Waals surface area (Å²) in [6.07, 6.45) is 2.78. The van der Waals surface area contributed by atoms with Gasteiger partial charge in [0.1, 0.15) is 0 Å². The molecule has 6 heteroatoms. The average molecular weight is 377 g/mol. The topological polar surface area (TPSA) is 59.0 Å². The van der Waals surface area contributed by atoms with Crippen LogP contribution in [0.15, 0.2) is 30.3 Å². The van der Waals surface area contributed by atoms with Crippen LogP contribution in [0.3, 0.4) is 0 Å². The van der Waals surface area contributed by atoms with Crippen LogP contribution in [-0.2, 0) is 17.9 Å². The van der Waals surface area contributed by atoms with Gasteiger partial charge in [-0.25, -0.2) is 0 Å². The highest BCUT2D eigenvalue weighted by molar-refractivity contribution is 5.85. The van der Waals surface area contributed by atoms with Gasteiger partial charge < -0.3 is 10.6 Å². The third-order valence-electron chi connectivity index (χ3n) is 5.11. The van der Waals surface area contributed by atoms with Gasteiger partial charge in [0.2, 0.25) is 5.91 Å². The summed E-state index contributed by atoms with van der Waals surface area (Å²) in [6, 6.07) is 10.3. The molecule has 1 amide bonds. The SMILES string of the molecule is Cc1nn(Cc2ccccc2)c(C)c1CNC(=O)CCC1CCNC1.Cl. The molecule has 0 spiro atoms. The molecule has 0 saturated carbocycles. The summed E-state index contributed by atoms with van der Waals surface area (Å²) in [5, 5.41) is 11.1. The maximum atomic E-state index is 12.1. The number of halogens is 1. The van der Waals surface area contributed by atoms with Gasteiger partial charge in [-0.2, -0.15) is 5.10 Å². The smallest absolute Gasteiger partial charge is 0.220 e. The summed E-state index contributed by atoms with van der Waals surface area (Å²) in [4.78, 5) is 12.1. The van der Waals surface area contributed by atoms with Crippen LogP contribution < -0.4 is 10.6 Å². The van der Waals surface area contributed by atoms with Crippen LogP contribution in [0.5, 0.6) is 0 Å². The van der Waals surface area contributed by atoms with Crippen molar-refractivity contribution in [1.82, 2.24) is 20.4 Å². The lowest BCUT2D eigenvalue weighted by Crippen LogP contribution is -2.24. The van der Waals surface area contributed by atoms with Crippen LogP contribution in [0.1, 0.15) is 41.8 Å². The Labute approximate surface area is 162 Å². The van der Waals surface area contributed by atoms with Gasteiger partial charge in [-0.05, 0) is 51.3 Å². The molecule has 0 radical (unpaired) electrons. The highest BCUT2D eigenvalue weighted by Gasteiger charge is 2.16. The molecule has 1 saturated heterocycles. The molecular formula is C20H29ClN4O. The Bertz CT molecular complexity index is 708. The average Bonchev–Trinajstić information content (AvgIpc) is 3.22. The number of aromatic nitrogens is 2. The zero-order chi connectivity index (χ0) is 17.6. The van der Waals surface area contributed by atoms with Gasteiger partial charge in [-0.3, -0.25) is 9.48 Å². The normalized spacial score (nSPS) is 16.3. The first kappa shape index (κ1) is 20.5. The monoisotopic (exact) mass is 376 g/mol. The van der Waals surface area contributed by atoms with E-state index in [4.69, 9.17) is 0 Å².